The van der Waals surface area contributed by atoms with Gasteiger partial charge in [-0.3, -0.25) is 14.7 Å². The minimum absolute atomic E-state index is 0.247. The number of benzene rings is 1. The fourth-order valence-electron chi connectivity index (χ4n) is 2.81. The van der Waals surface area contributed by atoms with Crippen LogP contribution in [0.3, 0.4) is 0 Å². The molecule has 116 valence electrons. The summed E-state index contributed by atoms with van der Waals surface area (Å²) in [6, 6.07) is 5.28. The first-order chi connectivity index (χ1) is 10.5. The summed E-state index contributed by atoms with van der Waals surface area (Å²) in [6.07, 6.45) is 0.611. The molecule has 2 N–H and O–H groups in total. The molecule has 1 saturated heterocycles. The Morgan fingerprint density at radius 2 is 2.32 bits per heavy atom. The molecule has 2 aliphatic heterocycles. The minimum atomic E-state index is -1.27. The van der Waals surface area contributed by atoms with E-state index in [9.17, 15) is 14.7 Å². The van der Waals surface area contributed by atoms with Crippen LogP contribution < -0.4 is 10.1 Å². The molecule has 1 aromatic carbocycles. The van der Waals surface area contributed by atoms with Gasteiger partial charge in [0.05, 0.1) is 6.54 Å². The molecule has 7 heteroatoms. The molecule has 2 amide bonds. The van der Waals surface area contributed by atoms with E-state index in [0.29, 0.717) is 31.0 Å². The van der Waals surface area contributed by atoms with Crippen molar-refractivity contribution in [3.63, 3.8) is 0 Å². The molecular formula is C15H17N3O4. The molecule has 1 fully saturated rings. The van der Waals surface area contributed by atoms with Crippen molar-refractivity contribution in [1.82, 2.24) is 10.2 Å². The third-order valence-electron chi connectivity index (χ3n) is 4.12. The molecule has 1 unspecified atom stereocenters. The molecule has 7 nitrogen and oxygen atoms in total. The van der Waals surface area contributed by atoms with Crippen molar-refractivity contribution < 1.29 is 19.4 Å². The molecule has 0 saturated carbocycles. The van der Waals surface area contributed by atoms with Gasteiger partial charge in [0.1, 0.15) is 17.9 Å². The standard InChI is InChI=1S/C15H17N3O4/c1-15(13(19)17-4-6-18(15)14(20)21)11-3-2-10-9-16-5-7-22-12(10)8-11/h2-3,8-9H,4-7H2,1H3,(H,17,19)(H,20,21). The van der Waals surface area contributed by atoms with Gasteiger partial charge >= 0.3 is 6.09 Å². The van der Waals surface area contributed by atoms with Crippen LogP contribution in [0.15, 0.2) is 23.2 Å². The minimum Gasteiger partial charge on any atom is -0.491 e. The highest BCUT2D eigenvalue weighted by atomic mass is 16.5. The number of carbonyl (C=O) groups excluding carboxylic acids is 1. The molecule has 0 aromatic heterocycles. The second-order valence-electron chi connectivity index (χ2n) is 5.40. The molecule has 2 aliphatic rings. The quantitative estimate of drug-likeness (QED) is 0.803. The van der Waals surface area contributed by atoms with E-state index in [1.165, 1.54) is 4.90 Å². The lowest BCUT2D eigenvalue weighted by Crippen LogP contribution is -2.62. The Morgan fingerprint density at radius 1 is 1.50 bits per heavy atom. The number of aliphatic imine (C=N–C) groups is 1. The molecule has 0 spiro atoms. The molecular weight excluding hydrogens is 286 g/mol. The van der Waals surface area contributed by atoms with E-state index in [-0.39, 0.29) is 12.5 Å². The highest BCUT2D eigenvalue weighted by Crippen LogP contribution is 2.34. The number of piperazine rings is 1. The van der Waals surface area contributed by atoms with Crippen molar-refractivity contribution in [2.75, 3.05) is 26.2 Å². The number of rotatable bonds is 1. The summed E-state index contributed by atoms with van der Waals surface area (Å²) in [5.74, 6) is 0.284. The summed E-state index contributed by atoms with van der Waals surface area (Å²) in [7, 11) is 0. The van der Waals surface area contributed by atoms with Crippen LogP contribution in [-0.2, 0) is 10.3 Å². The number of nitrogens with zero attached hydrogens (tertiary/aromatic N) is 2. The third kappa shape index (κ3) is 2.18. The first-order valence-electron chi connectivity index (χ1n) is 7.09. The zero-order valence-corrected chi connectivity index (χ0v) is 12.2. The topological polar surface area (TPSA) is 91.2 Å². The average Bonchev–Trinajstić information content (AvgIpc) is 2.74. The van der Waals surface area contributed by atoms with Gasteiger partial charge < -0.3 is 15.2 Å². The van der Waals surface area contributed by atoms with E-state index < -0.39 is 11.6 Å². The number of carboxylic acid groups (broad SMARTS) is 1. The van der Waals surface area contributed by atoms with Gasteiger partial charge in [0.15, 0.2) is 0 Å². The Bertz CT molecular complexity index is 658. The van der Waals surface area contributed by atoms with Crippen molar-refractivity contribution in [3.05, 3.63) is 29.3 Å². The summed E-state index contributed by atoms with van der Waals surface area (Å²) < 4.78 is 5.63. The van der Waals surface area contributed by atoms with Gasteiger partial charge in [-0.05, 0) is 24.6 Å². The van der Waals surface area contributed by atoms with Crippen molar-refractivity contribution in [3.8, 4) is 5.75 Å². The maximum atomic E-state index is 12.4. The summed E-state index contributed by atoms with van der Waals surface area (Å²) in [5.41, 5.74) is 0.135. The van der Waals surface area contributed by atoms with E-state index in [1.54, 1.807) is 31.3 Å². The normalized spacial score (nSPS) is 24.0. The Hall–Kier alpha value is -2.57. The van der Waals surface area contributed by atoms with Crippen LogP contribution in [0, 0.1) is 0 Å². The van der Waals surface area contributed by atoms with Crippen molar-refractivity contribution in [1.29, 1.82) is 0 Å². The largest absolute Gasteiger partial charge is 0.491 e. The summed E-state index contributed by atoms with van der Waals surface area (Å²) in [5, 5.41) is 12.2. The lowest BCUT2D eigenvalue weighted by molar-refractivity contribution is -0.135. The Kier molecular flexibility index (Phi) is 3.48. The van der Waals surface area contributed by atoms with E-state index in [0.717, 1.165) is 5.56 Å². The van der Waals surface area contributed by atoms with Gasteiger partial charge in [-0.25, -0.2) is 4.79 Å². The van der Waals surface area contributed by atoms with E-state index >= 15 is 0 Å². The van der Waals surface area contributed by atoms with Crippen molar-refractivity contribution in [2.45, 2.75) is 12.5 Å². The molecule has 2 heterocycles. The maximum absolute atomic E-state index is 12.4. The van der Waals surface area contributed by atoms with Gasteiger partial charge in [0, 0.05) is 24.9 Å². The molecule has 1 atom stereocenters. The van der Waals surface area contributed by atoms with E-state index in [1.807, 2.05) is 0 Å². The fraction of sp³-hybridized carbons (Fsp3) is 0.400. The first kappa shape index (κ1) is 14.4. The van der Waals surface area contributed by atoms with Crippen LogP contribution in [-0.4, -0.2) is 54.5 Å². The summed E-state index contributed by atoms with van der Waals surface area (Å²) in [4.78, 5) is 29.3. The smallest absolute Gasteiger partial charge is 0.408 e. The zero-order chi connectivity index (χ0) is 15.7. The number of hydrogen-bond donors (Lipinski definition) is 2. The van der Waals surface area contributed by atoms with Crippen LogP contribution in [0.2, 0.25) is 0 Å². The zero-order valence-electron chi connectivity index (χ0n) is 12.2. The van der Waals surface area contributed by atoms with Gasteiger partial charge in [0.25, 0.3) is 5.91 Å². The number of ether oxygens (including phenoxy) is 1. The number of amides is 2. The van der Waals surface area contributed by atoms with Crippen LogP contribution in [0.5, 0.6) is 5.75 Å². The molecule has 22 heavy (non-hydrogen) atoms. The Labute approximate surface area is 127 Å². The predicted molar refractivity (Wildman–Crippen MR) is 79.5 cm³/mol. The summed E-state index contributed by atoms with van der Waals surface area (Å²) in [6.45, 7) is 3.20. The van der Waals surface area contributed by atoms with Crippen LogP contribution in [0.1, 0.15) is 18.1 Å². The monoisotopic (exact) mass is 303 g/mol. The van der Waals surface area contributed by atoms with Gasteiger partial charge in [-0.1, -0.05) is 6.07 Å². The average molecular weight is 303 g/mol. The first-order valence-corrected chi connectivity index (χ1v) is 7.09. The van der Waals surface area contributed by atoms with Crippen LogP contribution in [0.25, 0.3) is 0 Å². The van der Waals surface area contributed by atoms with E-state index in [2.05, 4.69) is 10.3 Å². The van der Waals surface area contributed by atoms with E-state index in [4.69, 9.17) is 4.74 Å². The second-order valence-corrected chi connectivity index (χ2v) is 5.40. The molecule has 0 bridgehead atoms. The summed E-state index contributed by atoms with van der Waals surface area (Å²) >= 11 is 0. The predicted octanol–water partition coefficient (Wildman–Crippen LogP) is 0.823. The Balaban J connectivity index is 2.07. The van der Waals surface area contributed by atoms with Crippen molar-refractivity contribution >= 4 is 18.2 Å². The molecule has 0 radical (unpaired) electrons. The number of nitrogens with one attached hydrogen (secondary N) is 1. The second kappa shape index (κ2) is 5.32. The number of hydrogen-bond acceptors (Lipinski definition) is 4. The van der Waals surface area contributed by atoms with Crippen LogP contribution in [0.4, 0.5) is 4.79 Å². The molecule has 1 aromatic rings. The van der Waals surface area contributed by atoms with Gasteiger partial charge in [-0.15, -0.1) is 0 Å². The number of carbonyl (C=O) groups is 2. The lowest BCUT2D eigenvalue weighted by Gasteiger charge is -2.42. The fourth-order valence-corrected chi connectivity index (χ4v) is 2.81. The molecule has 0 aliphatic carbocycles. The highest BCUT2D eigenvalue weighted by Gasteiger charge is 2.46. The molecule has 3 rings (SSSR count). The van der Waals surface area contributed by atoms with Gasteiger partial charge in [0.2, 0.25) is 0 Å². The van der Waals surface area contributed by atoms with Crippen LogP contribution >= 0.6 is 0 Å². The number of fused-ring (bicyclic) bond motifs is 1. The Morgan fingerprint density at radius 3 is 3.09 bits per heavy atom. The van der Waals surface area contributed by atoms with Gasteiger partial charge in [-0.2, -0.15) is 0 Å². The van der Waals surface area contributed by atoms with Crippen molar-refractivity contribution in [2.24, 2.45) is 4.99 Å². The third-order valence-corrected chi connectivity index (χ3v) is 4.12. The SMILES string of the molecule is CC1(c2ccc3c(c2)OCCN=C3)C(=O)NCCN1C(=O)O. The highest BCUT2D eigenvalue weighted by molar-refractivity contribution is 5.92. The lowest BCUT2D eigenvalue weighted by atomic mass is 9.87. The maximum Gasteiger partial charge on any atom is 0.408 e.